The van der Waals surface area contributed by atoms with Gasteiger partial charge in [0.15, 0.2) is 0 Å². The highest BCUT2D eigenvalue weighted by Crippen LogP contribution is 2.42. The maximum atomic E-state index is 12.3. The van der Waals surface area contributed by atoms with Crippen LogP contribution < -0.4 is 9.64 Å². The minimum absolute atomic E-state index is 0.216. The van der Waals surface area contributed by atoms with E-state index in [0.29, 0.717) is 44.2 Å². The number of fused-ring (bicyclic) bond motifs is 3. The van der Waals surface area contributed by atoms with Crippen molar-refractivity contribution >= 4 is 22.8 Å². The van der Waals surface area contributed by atoms with Crippen LogP contribution in [0.5, 0.6) is 11.6 Å². The minimum atomic E-state index is -0.625. The van der Waals surface area contributed by atoms with E-state index in [-0.39, 0.29) is 12.4 Å². The van der Waals surface area contributed by atoms with Gasteiger partial charge in [-0.05, 0) is 24.6 Å². The topological polar surface area (TPSA) is 115 Å². The zero-order chi connectivity index (χ0) is 24.7. The Bertz CT molecular complexity index is 1440. The molecule has 0 aliphatic carbocycles. The van der Waals surface area contributed by atoms with Gasteiger partial charge in [-0.25, -0.2) is 15.0 Å². The van der Waals surface area contributed by atoms with Gasteiger partial charge in [0.05, 0.1) is 23.1 Å². The lowest BCUT2D eigenvalue weighted by Gasteiger charge is -2.44. The number of nitrogens with one attached hydrogen (secondary N) is 1. The summed E-state index contributed by atoms with van der Waals surface area (Å²) in [5.74, 6) is 2.43. The molecule has 4 aromatic rings. The molecule has 3 aromatic heterocycles. The van der Waals surface area contributed by atoms with E-state index in [0.717, 1.165) is 39.5 Å². The van der Waals surface area contributed by atoms with Gasteiger partial charge in [0.25, 0.3) is 0 Å². The van der Waals surface area contributed by atoms with E-state index in [2.05, 4.69) is 29.8 Å². The van der Waals surface area contributed by atoms with Crippen molar-refractivity contribution in [3.8, 4) is 11.6 Å². The number of hydrogen-bond donors (Lipinski definition) is 1. The van der Waals surface area contributed by atoms with Crippen molar-refractivity contribution in [3.63, 3.8) is 0 Å². The van der Waals surface area contributed by atoms with Gasteiger partial charge in [0.1, 0.15) is 35.9 Å². The van der Waals surface area contributed by atoms with Crippen LogP contribution in [0.1, 0.15) is 35.5 Å². The molecule has 2 aliphatic heterocycles. The molecule has 0 atom stereocenters. The van der Waals surface area contributed by atoms with Crippen LogP contribution in [0.25, 0.3) is 11.0 Å². The summed E-state index contributed by atoms with van der Waals surface area (Å²) in [4.78, 5) is 35.5. The largest absolute Gasteiger partial charge is 0.454 e. The van der Waals surface area contributed by atoms with Crippen LogP contribution in [0.3, 0.4) is 0 Å². The molecule has 6 rings (SSSR count). The van der Waals surface area contributed by atoms with E-state index in [1.807, 2.05) is 37.3 Å². The number of nitrogens with zero attached hydrogens (tertiary/aromatic N) is 5. The van der Waals surface area contributed by atoms with Crippen molar-refractivity contribution in [2.45, 2.75) is 38.4 Å². The normalized spacial score (nSPS) is 16.7. The number of rotatable bonds is 5. The van der Waals surface area contributed by atoms with Crippen molar-refractivity contribution in [1.82, 2.24) is 24.9 Å². The van der Waals surface area contributed by atoms with Gasteiger partial charge >= 0.3 is 5.97 Å². The summed E-state index contributed by atoms with van der Waals surface area (Å²) in [7, 11) is 1.64. The molecule has 184 valence electrons. The standard InChI is InChI=1S/C26H26N6O4/c1-16-10-17(11-20-25(16)31-21(30-20)14-34-2)35-23-13-22(28-15-29-23)32-8-5-26(6-9-32)18-4-3-7-27-19(18)12-24(33)36-26/h3-4,7,10-11,13,15H,5-6,8-9,12,14H2,1-2H3,(H,30,31). The second kappa shape index (κ2) is 8.87. The summed E-state index contributed by atoms with van der Waals surface area (Å²) >= 11 is 0. The molecule has 0 unspecified atom stereocenters. The molecule has 5 heterocycles. The molecule has 0 saturated carbocycles. The summed E-state index contributed by atoms with van der Waals surface area (Å²) in [5, 5.41) is 0. The SMILES string of the molecule is COCc1nc2c(C)cc(Oc3cc(N4CCC5(CC4)OC(=O)Cc4ncccc45)ncn3)cc2[nH]1. The number of aromatic amines is 1. The lowest BCUT2D eigenvalue weighted by Crippen LogP contribution is -2.48. The van der Waals surface area contributed by atoms with E-state index in [1.165, 1.54) is 6.33 Å². The molecule has 1 saturated heterocycles. The fourth-order valence-electron chi connectivity index (χ4n) is 5.16. The third kappa shape index (κ3) is 4.03. The van der Waals surface area contributed by atoms with Crippen LogP contribution in [0.15, 0.2) is 42.9 Å². The number of H-pyrrole nitrogens is 1. The first-order valence-electron chi connectivity index (χ1n) is 11.9. The number of imidazole rings is 1. The van der Waals surface area contributed by atoms with Crippen molar-refractivity contribution in [1.29, 1.82) is 0 Å². The molecule has 10 nitrogen and oxygen atoms in total. The molecule has 1 fully saturated rings. The first kappa shape index (κ1) is 22.4. The molecule has 0 amide bonds. The zero-order valence-electron chi connectivity index (χ0n) is 20.2. The molecule has 1 N–H and O–H groups in total. The van der Waals surface area contributed by atoms with Crippen molar-refractivity contribution < 1.29 is 19.0 Å². The number of esters is 1. The molecule has 1 spiro atoms. The smallest absolute Gasteiger partial charge is 0.312 e. The molecular formula is C26H26N6O4. The third-order valence-corrected chi connectivity index (χ3v) is 6.83. The van der Waals surface area contributed by atoms with E-state index < -0.39 is 5.60 Å². The van der Waals surface area contributed by atoms with Gasteiger partial charge in [-0.1, -0.05) is 6.07 Å². The van der Waals surface area contributed by atoms with Crippen LogP contribution in [0.4, 0.5) is 5.82 Å². The van der Waals surface area contributed by atoms with E-state index in [1.54, 1.807) is 13.3 Å². The Morgan fingerprint density at radius 2 is 2.03 bits per heavy atom. The fraction of sp³-hybridized carbons (Fsp3) is 0.346. The van der Waals surface area contributed by atoms with Gasteiger partial charge in [-0.3, -0.25) is 9.78 Å². The highest BCUT2D eigenvalue weighted by atomic mass is 16.6. The third-order valence-electron chi connectivity index (χ3n) is 6.83. The van der Waals surface area contributed by atoms with Gasteiger partial charge < -0.3 is 24.1 Å². The summed E-state index contributed by atoms with van der Waals surface area (Å²) in [5.41, 5.74) is 3.98. The lowest BCUT2D eigenvalue weighted by molar-refractivity contribution is -0.166. The molecule has 0 radical (unpaired) electrons. The predicted molar refractivity (Wildman–Crippen MR) is 131 cm³/mol. The van der Waals surface area contributed by atoms with E-state index in [4.69, 9.17) is 14.2 Å². The quantitative estimate of drug-likeness (QED) is 0.423. The van der Waals surface area contributed by atoms with Crippen molar-refractivity contribution in [2.75, 3.05) is 25.1 Å². The number of carbonyl (C=O) groups excluding carboxylic acids is 1. The lowest BCUT2D eigenvalue weighted by atomic mass is 9.81. The molecule has 10 heteroatoms. The summed E-state index contributed by atoms with van der Waals surface area (Å²) in [6, 6.07) is 9.61. The average Bonchev–Trinajstić information content (AvgIpc) is 3.28. The number of methoxy groups -OCH3 is 1. The monoisotopic (exact) mass is 486 g/mol. The second-order valence-corrected chi connectivity index (χ2v) is 9.20. The molecule has 2 aliphatic rings. The Balaban J connectivity index is 1.20. The Labute approximate surface area is 207 Å². The first-order valence-corrected chi connectivity index (χ1v) is 11.9. The maximum Gasteiger partial charge on any atom is 0.312 e. The van der Waals surface area contributed by atoms with Crippen LogP contribution in [-0.2, 0) is 32.9 Å². The van der Waals surface area contributed by atoms with Crippen LogP contribution in [0, 0.1) is 6.92 Å². The molecular weight excluding hydrogens is 460 g/mol. The summed E-state index contributed by atoms with van der Waals surface area (Å²) in [6.07, 6.45) is 4.79. The average molecular weight is 487 g/mol. The highest BCUT2D eigenvalue weighted by molar-refractivity contribution is 5.80. The zero-order valence-corrected chi connectivity index (χ0v) is 20.2. The Morgan fingerprint density at radius 3 is 2.86 bits per heavy atom. The Kier molecular flexibility index (Phi) is 5.52. The number of ether oxygens (including phenoxy) is 3. The highest BCUT2D eigenvalue weighted by Gasteiger charge is 2.44. The van der Waals surface area contributed by atoms with Crippen molar-refractivity contribution in [3.05, 3.63) is 65.5 Å². The van der Waals surface area contributed by atoms with Crippen molar-refractivity contribution in [2.24, 2.45) is 0 Å². The first-order chi connectivity index (χ1) is 17.5. The minimum Gasteiger partial charge on any atom is -0.454 e. The number of anilines is 1. The number of aryl methyl sites for hydroxylation is 1. The number of benzene rings is 1. The number of carbonyl (C=O) groups is 1. The van der Waals surface area contributed by atoms with Gasteiger partial charge in [0.2, 0.25) is 5.88 Å². The van der Waals surface area contributed by atoms with Gasteiger partial charge in [0, 0.05) is 56.9 Å². The summed E-state index contributed by atoms with van der Waals surface area (Å²) in [6.45, 7) is 3.77. The van der Waals surface area contributed by atoms with Gasteiger partial charge in [-0.2, -0.15) is 0 Å². The molecule has 36 heavy (non-hydrogen) atoms. The van der Waals surface area contributed by atoms with Crippen LogP contribution in [-0.4, -0.2) is 51.1 Å². The Morgan fingerprint density at radius 1 is 1.17 bits per heavy atom. The molecule has 0 bridgehead atoms. The molecule has 1 aromatic carbocycles. The predicted octanol–water partition coefficient (Wildman–Crippen LogP) is 3.59. The Hall–Kier alpha value is -4.05. The second-order valence-electron chi connectivity index (χ2n) is 9.20. The fourth-order valence-corrected chi connectivity index (χ4v) is 5.16. The van der Waals surface area contributed by atoms with E-state index >= 15 is 0 Å². The maximum absolute atomic E-state index is 12.3. The number of aromatic nitrogens is 5. The number of hydrogen-bond acceptors (Lipinski definition) is 9. The van der Waals surface area contributed by atoms with Crippen LogP contribution in [0.2, 0.25) is 0 Å². The summed E-state index contributed by atoms with van der Waals surface area (Å²) < 4.78 is 17.2. The van der Waals surface area contributed by atoms with Crippen LogP contribution >= 0.6 is 0 Å². The van der Waals surface area contributed by atoms with Gasteiger partial charge in [-0.15, -0.1) is 0 Å². The van der Waals surface area contributed by atoms with E-state index in [9.17, 15) is 4.79 Å². The number of pyridine rings is 1. The number of piperidine rings is 1.